The first-order valence-corrected chi connectivity index (χ1v) is 9.94. The van der Waals surface area contributed by atoms with E-state index in [0.29, 0.717) is 10.0 Å². The summed E-state index contributed by atoms with van der Waals surface area (Å²) in [4.78, 5) is 4.75. The van der Waals surface area contributed by atoms with Gasteiger partial charge >= 0.3 is 0 Å². The quantitative estimate of drug-likeness (QED) is 0.347. The Bertz CT molecular complexity index is 1090. The van der Waals surface area contributed by atoms with Gasteiger partial charge in [0.15, 0.2) is 0 Å². The summed E-state index contributed by atoms with van der Waals surface area (Å²) >= 11 is 13.7. The van der Waals surface area contributed by atoms with Crippen molar-refractivity contribution in [2.75, 3.05) is 7.11 Å². The van der Waals surface area contributed by atoms with Crippen LogP contribution in [0.4, 0.5) is 0 Å². The van der Waals surface area contributed by atoms with Gasteiger partial charge in [-0.2, -0.15) is 0 Å². The Morgan fingerprint density at radius 1 is 0.815 bits per heavy atom. The van der Waals surface area contributed by atoms with Gasteiger partial charge in [0, 0.05) is 22.1 Å². The van der Waals surface area contributed by atoms with Crippen LogP contribution in [-0.2, 0) is 0 Å². The van der Waals surface area contributed by atoms with Crippen molar-refractivity contribution in [1.82, 2.24) is 4.98 Å². The Labute approximate surface area is 172 Å². The first-order valence-electron chi connectivity index (χ1n) is 8.30. The molecule has 0 aliphatic heterocycles. The van der Waals surface area contributed by atoms with E-state index in [2.05, 4.69) is 30.3 Å². The second-order valence-corrected chi connectivity index (χ2v) is 7.62. The summed E-state index contributed by atoms with van der Waals surface area (Å²) in [6, 6.07) is 21.9. The maximum atomic E-state index is 6.12. The summed E-state index contributed by atoms with van der Waals surface area (Å²) in [5.74, 6) is 0.862. The fourth-order valence-electron chi connectivity index (χ4n) is 2.87. The molecule has 5 heteroatoms. The second kappa shape index (κ2) is 7.73. The van der Waals surface area contributed by atoms with Crippen molar-refractivity contribution in [2.45, 2.75) is 0 Å². The number of ether oxygens (including phenoxy) is 1. The van der Waals surface area contributed by atoms with Gasteiger partial charge in [-0.3, -0.25) is 0 Å². The average molecular weight is 412 g/mol. The molecule has 4 rings (SSSR count). The minimum Gasteiger partial charge on any atom is -0.496 e. The molecule has 3 aromatic carbocycles. The van der Waals surface area contributed by atoms with Crippen LogP contribution >= 0.6 is 34.5 Å². The van der Waals surface area contributed by atoms with E-state index in [1.807, 2.05) is 35.7 Å². The molecule has 4 aromatic rings. The predicted octanol–water partition coefficient (Wildman–Crippen LogP) is 7.46. The topological polar surface area (TPSA) is 22.1 Å². The third-order valence-corrected chi connectivity index (χ3v) is 5.90. The molecule has 0 N–H and O–H groups in total. The molecule has 1 heterocycles. The van der Waals surface area contributed by atoms with Crippen LogP contribution in [-0.4, -0.2) is 12.1 Å². The lowest BCUT2D eigenvalue weighted by atomic mass is 10.0. The van der Waals surface area contributed by atoms with E-state index in [-0.39, 0.29) is 0 Å². The normalized spacial score (nSPS) is 10.8. The van der Waals surface area contributed by atoms with Gasteiger partial charge in [-0.15, -0.1) is 11.3 Å². The van der Waals surface area contributed by atoms with Crippen LogP contribution in [0.5, 0.6) is 5.75 Å². The number of methoxy groups -OCH3 is 1. The van der Waals surface area contributed by atoms with Crippen molar-refractivity contribution in [2.24, 2.45) is 0 Å². The van der Waals surface area contributed by atoms with Crippen molar-refractivity contribution in [3.8, 4) is 38.7 Å². The molecular formula is C22H15Cl2NOS. The zero-order valence-corrected chi connectivity index (χ0v) is 16.8. The first kappa shape index (κ1) is 18.1. The summed E-state index contributed by atoms with van der Waals surface area (Å²) in [5.41, 5.74) is 5.10. The van der Waals surface area contributed by atoms with Gasteiger partial charge in [-0.05, 0) is 23.8 Å². The molecule has 1 aromatic heterocycles. The minimum absolute atomic E-state index is 0.532. The maximum Gasteiger partial charge on any atom is 0.126 e. The van der Waals surface area contributed by atoms with Crippen molar-refractivity contribution in [3.63, 3.8) is 0 Å². The zero-order valence-electron chi connectivity index (χ0n) is 14.4. The third-order valence-electron chi connectivity index (χ3n) is 4.27. The van der Waals surface area contributed by atoms with Gasteiger partial charge in [-0.1, -0.05) is 71.7 Å². The fourth-order valence-corrected chi connectivity index (χ4v) is 4.00. The van der Waals surface area contributed by atoms with Crippen LogP contribution < -0.4 is 4.74 Å². The smallest absolute Gasteiger partial charge is 0.126 e. The molecule has 0 bridgehead atoms. The number of benzene rings is 3. The molecule has 0 saturated heterocycles. The highest BCUT2D eigenvalue weighted by Gasteiger charge is 2.10. The van der Waals surface area contributed by atoms with Gasteiger partial charge in [0.2, 0.25) is 0 Å². The van der Waals surface area contributed by atoms with Crippen molar-refractivity contribution < 1.29 is 4.74 Å². The molecule has 0 fully saturated rings. The number of hydrogen-bond acceptors (Lipinski definition) is 3. The van der Waals surface area contributed by atoms with Crippen LogP contribution in [0.2, 0.25) is 10.0 Å². The van der Waals surface area contributed by atoms with Gasteiger partial charge in [0.1, 0.15) is 10.8 Å². The number of halogens is 2. The van der Waals surface area contributed by atoms with E-state index in [0.717, 1.165) is 38.7 Å². The Balaban J connectivity index is 1.63. The van der Waals surface area contributed by atoms with E-state index in [9.17, 15) is 0 Å². The molecule has 0 aliphatic carbocycles. The van der Waals surface area contributed by atoms with Gasteiger partial charge < -0.3 is 4.74 Å². The molecule has 0 amide bonds. The largest absolute Gasteiger partial charge is 0.496 e. The molecular weight excluding hydrogens is 397 g/mol. The number of para-hydroxylation sites is 1. The Morgan fingerprint density at radius 3 is 2.26 bits per heavy atom. The first-order chi connectivity index (χ1) is 13.2. The molecule has 0 saturated carbocycles. The monoisotopic (exact) mass is 411 g/mol. The molecule has 0 aliphatic rings. The third kappa shape index (κ3) is 3.72. The van der Waals surface area contributed by atoms with Crippen molar-refractivity contribution in [3.05, 3.63) is 82.2 Å². The highest BCUT2D eigenvalue weighted by atomic mass is 35.5. The number of hydrogen-bond donors (Lipinski definition) is 0. The number of thiazole rings is 1. The molecule has 0 spiro atoms. The Hall–Kier alpha value is -2.33. The lowest BCUT2D eigenvalue weighted by Crippen LogP contribution is -1.87. The van der Waals surface area contributed by atoms with Crippen LogP contribution in [0.1, 0.15) is 0 Å². The molecule has 2 nitrogen and oxygen atoms in total. The van der Waals surface area contributed by atoms with Crippen molar-refractivity contribution in [1.29, 1.82) is 0 Å². The number of aromatic nitrogens is 1. The van der Waals surface area contributed by atoms with E-state index in [1.165, 1.54) is 0 Å². The van der Waals surface area contributed by atoms with E-state index < -0.39 is 0 Å². The van der Waals surface area contributed by atoms with Gasteiger partial charge in [-0.25, -0.2) is 4.98 Å². The summed E-state index contributed by atoms with van der Waals surface area (Å²) in [6.45, 7) is 0. The number of rotatable bonds is 4. The average Bonchev–Trinajstić information content (AvgIpc) is 3.20. The van der Waals surface area contributed by atoms with Crippen LogP contribution in [0.15, 0.2) is 72.1 Å². The standard InChI is InChI=1S/C22H15Cl2NOS/c1-26-21-5-3-2-4-17(21)14-6-8-15(9-7-14)22-25-20(13-27-22)16-10-11-18(23)19(24)12-16/h2-13H,1H3. The van der Waals surface area contributed by atoms with E-state index >= 15 is 0 Å². The van der Waals surface area contributed by atoms with Crippen LogP contribution in [0.3, 0.4) is 0 Å². The van der Waals surface area contributed by atoms with Gasteiger partial charge in [0.25, 0.3) is 0 Å². The Kier molecular flexibility index (Phi) is 5.17. The molecule has 134 valence electrons. The molecule has 0 atom stereocenters. The second-order valence-electron chi connectivity index (χ2n) is 5.94. The van der Waals surface area contributed by atoms with E-state index in [4.69, 9.17) is 32.9 Å². The summed E-state index contributed by atoms with van der Waals surface area (Å²) < 4.78 is 5.45. The lowest BCUT2D eigenvalue weighted by molar-refractivity contribution is 0.416. The summed E-state index contributed by atoms with van der Waals surface area (Å²) in [6.07, 6.45) is 0. The highest BCUT2D eigenvalue weighted by molar-refractivity contribution is 7.13. The van der Waals surface area contributed by atoms with Crippen molar-refractivity contribution >= 4 is 34.5 Å². The van der Waals surface area contributed by atoms with Crippen LogP contribution in [0.25, 0.3) is 33.0 Å². The lowest BCUT2D eigenvalue weighted by Gasteiger charge is -2.08. The fraction of sp³-hybridized carbons (Fsp3) is 0.0455. The van der Waals surface area contributed by atoms with E-state index in [1.54, 1.807) is 24.5 Å². The maximum absolute atomic E-state index is 6.12. The van der Waals surface area contributed by atoms with Gasteiger partial charge in [0.05, 0.1) is 22.8 Å². The minimum atomic E-state index is 0.532. The predicted molar refractivity (Wildman–Crippen MR) is 115 cm³/mol. The molecule has 27 heavy (non-hydrogen) atoms. The summed E-state index contributed by atoms with van der Waals surface area (Å²) in [7, 11) is 1.69. The zero-order chi connectivity index (χ0) is 18.8. The SMILES string of the molecule is COc1ccccc1-c1ccc(-c2nc(-c3ccc(Cl)c(Cl)c3)cs2)cc1. The number of nitrogens with zero attached hydrogens (tertiary/aromatic N) is 1. The summed E-state index contributed by atoms with van der Waals surface area (Å²) in [5, 5.41) is 4.07. The molecule has 0 unspecified atom stereocenters. The molecule has 0 radical (unpaired) electrons. The van der Waals surface area contributed by atoms with Crippen LogP contribution in [0, 0.1) is 0 Å². The Morgan fingerprint density at radius 2 is 1.52 bits per heavy atom. The highest BCUT2D eigenvalue weighted by Crippen LogP contribution is 2.34.